The Balaban J connectivity index is 1.56. The summed E-state index contributed by atoms with van der Waals surface area (Å²) >= 11 is 1.66. The minimum Gasteiger partial charge on any atom is -0.491 e. The highest BCUT2D eigenvalue weighted by atomic mass is 32.2. The predicted molar refractivity (Wildman–Crippen MR) is 82.9 cm³/mol. The van der Waals surface area contributed by atoms with E-state index in [2.05, 4.69) is 5.32 Å². The highest BCUT2D eigenvalue weighted by molar-refractivity contribution is 7.99. The molecule has 1 spiro atoms. The van der Waals surface area contributed by atoms with Gasteiger partial charge in [0.2, 0.25) is 0 Å². The van der Waals surface area contributed by atoms with Crippen LogP contribution in [0.3, 0.4) is 0 Å². The molecule has 0 radical (unpaired) electrons. The number of para-hydroxylation sites is 1. The van der Waals surface area contributed by atoms with Crippen molar-refractivity contribution in [1.82, 2.24) is 10.2 Å². The molecule has 1 aromatic carbocycles. The highest BCUT2D eigenvalue weighted by Gasteiger charge is 2.53. The van der Waals surface area contributed by atoms with E-state index in [1.807, 2.05) is 18.2 Å². The van der Waals surface area contributed by atoms with Gasteiger partial charge in [-0.25, -0.2) is 4.79 Å². The fourth-order valence-electron chi connectivity index (χ4n) is 2.65. The summed E-state index contributed by atoms with van der Waals surface area (Å²) in [5.74, 6) is 1.87. The van der Waals surface area contributed by atoms with Crippen LogP contribution in [0.1, 0.15) is 6.42 Å². The van der Waals surface area contributed by atoms with Crippen LogP contribution in [0, 0.1) is 0 Å². The third kappa shape index (κ3) is 2.91. The lowest BCUT2D eigenvalue weighted by Gasteiger charge is -2.21. The Kier molecular flexibility index (Phi) is 4.26. The lowest BCUT2D eigenvalue weighted by Crippen LogP contribution is -2.47. The number of hydrogen-bond donors (Lipinski definition) is 2. The van der Waals surface area contributed by atoms with E-state index in [9.17, 15) is 14.7 Å². The highest BCUT2D eigenvalue weighted by Crippen LogP contribution is 2.33. The number of carbonyl (C=O) groups is 2. The van der Waals surface area contributed by atoms with Crippen LogP contribution in [0.5, 0.6) is 5.75 Å². The number of nitrogens with one attached hydrogen (secondary N) is 1. The molecular weight excluding hydrogens is 304 g/mol. The number of hydrogen-bond acceptors (Lipinski definition) is 5. The Morgan fingerprint density at radius 2 is 2.14 bits per heavy atom. The number of aliphatic hydroxyl groups excluding tert-OH is 1. The first-order valence-electron chi connectivity index (χ1n) is 7.18. The van der Waals surface area contributed by atoms with Crippen LogP contribution in [0.4, 0.5) is 4.79 Å². The molecular formula is C15H18N2O4S. The summed E-state index contributed by atoms with van der Waals surface area (Å²) < 4.78 is 5.44. The molecule has 1 aromatic rings. The van der Waals surface area contributed by atoms with Gasteiger partial charge in [0.25, 0.3) is 5.91 Å². The molecule has 3 amide bonds. The van der Waals surface area contributed by atoms with Crippen molar-refractivity contribution >= 4 is 23.7 Å². The number of β-amino-alcohol motifs (C(OH)–C–C–N with tert-alkyl or cyclic N) is 1. The van der Waals surface area contributed by atoms with Crippen LogP contribution < -0.4 is 10.1 Å². The fourth-order valence-corrected chi connectivity index (χ4v) is 3.97. The van der Waals surface area contributed by atoms with Gasteiger partial charge in [0.15, 0.2) is 0 Å². The number of amides is 3. The monoisotopic (exact) mass is 322 g/mol. The number of urea groups is 1. The Hall–Kier alpha value is -1.73. The molecule has 2 unspecified atom stereocenters. The lowest BCUT2D eigenvalue weighted by atomic mass is 9.99. The van der Waals surface area contributed by atoms with Crippen molar-refractivity contribution in [3.8, 4) is 5.75 Å². The normalized spacial score (nSPS) is 25.6. The molecule has 0 aromatic heterocycles. The molecule has 2 saturated heterocycles. The molecule has 2 heterocycles. The molecule has 2 aliphatic rings. The Morgan fingerprint density at radius 1 is 1.36 bits per heavy atom. The van der Waals surface area contributed by atoms with Crippen LogP contribution in [-0.2, 0) is 4.79 Å². The maximum Gasteiger partial charge on any atom is 0.325 e. The van der Waals surface area contributed by atoms with E-state index < -0.39 is 17.7 Å². The van der Waals surface area contributed by atoms with E-state index in [0.717, 1.165) is 10.7 Å². The minimum absolute atomic E-state index is 0.0306. The van der Waals surface area contributed by atoms with Gasteiger partial charge in [0.1, 0.15) is 24.0 Å². The van der Waals surface area contributed by atoms with Crippen molar-refractivity contribution < 1.29 is 19.4 Å². The van der Waals surface area contributed by atoms with Crippen molar-refractivity contribution in [1.29, 1.82) is 0 Å². The molecule has 3 rings (SSSR count). The Bertz CT molecular complexity index is 560. The first-order valence-corrected chi connectivity index (χ1v) is 8.34. The summed E-state index contributed by atoms with van der Waals surface area (Å²) in [6, 6.07) is 8.68. The molecule has 22 heavy (non-hydrogen) atoms. The van der Waals surface area contributed by atoms with Gasteiger partial charge in [-0.3, -0.25) is 9.69 Å². The average Bonchev–Trinajstić information content (AvgIpc) is 3.08. The fraction of sp³-hybridized carbons (Fsp3) is 0.467. The molecule has 2 N–H and O–H groups in total. The number of carbonyl (C=O) groups excluding carboxylic acids is 2. The van der Waals surface area contributed by atoms with Gasteiger partial charge in [-0.1, -0.05) is 18.2 Å². The zero-order valence-electron chi connectivity index (χ0n) is 12.0. The van der Waals surface area contributed by atoms with E-state index in [-0.39, 0.29) is 19.1 Å². The van der Waals surface area contributed by atoms with Crippen LogP contribution in [0.15, 0.2) is 30.3 Å². The standard InChI is InChI=1S/C15H18N2O4S/c18-11(9-21-12-4-2-1-3-5-12)8-17-13(19)15(16-14(17)20)6-7-22-10-15/h1-5,11,18H,6-10H2,(H,16,20). The van der Waals surface area contributed by atoms with Crippen LogP contribution >= 0.6 is 11.8 Å². The predicted octanol–water partition coefficient (Wildman–Crippen LogP) is 0.854. The summed E-state index contributed by atoms with van der Waals surface area (Å²) in [5.41, 5.74) is -0.762. The second-order valence-corrected chi connectivity index (χ2v) is 6.61. The van der Waals surface area contributed by atoms with E-state index >= 15 is 0 Å². The molecule has 2 atom stereocenters. The Morgan fingerprint density at radius 3 is 2.82 bits per heavy atom. The molecule has 2 fully saturated rings. The largest absolute Gasteiger partial charge is 0.491 e. The lowest BCUT2D eigenvalue weighted by molar-refractivity contribution is -0.131. The number of benzene rings is 1. The summed E-state index contributed by atoms with van der Waals surface area (Å²) in [7, 11) is 0. The molecule has 0 bridgehead atoms. The van der Waals surface area contributed by atoms with Crippen molar-refractivity contribution in [3.63, 3.8) is 0 Å². The number of nitrogens with zero attached hydrogens (tertiary/aromatic N) is 1. The molecule has 0 aliphatic carbocycles. The van der Waals surface area contributed by atoms with Crippen molar-refractivity contribution in [2.75, 3.05) is 24.7 Å². The van der Waals surface area contributed by atoms with E-state index in [4.69, 9.17) is 4.74 Å². The van der Waals surface area contributed by atoms with Gasteiger partial charge in [0, 0.05) is 5.75 Å². The van der Waals surface area contributed by atoms with Crippen LogP contribution in [-0.4, -0.2) is 58.2 Å². The van der Waals surface area contributed by atoms with E-state index in [1.54, 1.807) is 23.9 Å². The molecule has 118 valence electrons. The van der Waals surface area contributed by atoms with Crippen molar-refractivity contribution in [2.45, 2.75) is 18.1 Å². The third-order valence-corrected chi connectivity index (χ3v) is 5.04. The second kappa shape index (κ2) is 6.18. The van der Waals surface area contributed by atoms with Gasteiger partial charge in [-0.05, 0) is 24.3 Å². The zero-order chi connectivity index (χ0) is 15.6. The molecule has 0 saturated carbocycles. The Labute approximate surface area is 132 Å². The summed E-state index contributed by atoms with van der Waals surface area (Å²) in [6.07, 6.45) is -0.269. The topological polar surface area (TPSA) is 78.9 Å². The SMILES string of the molecule is O=C1NC2(CCSC2)C(=O)N1CC(O)COc1ccccc1. The van der Waals surface area contributed by atoms with Crippen molar-refractivity contribution in [2.24, 2.45) is 0 Å². The van der Waals surface area contributed by atoms with Crippen LogP contribution in [0.2, 0.25) is 0 Å². The first-order chi connectivity index (χ1) is 10.6. The summed E-state index contributed by atoms with van der Waals surface area (Å²) in [6.45, 7) is -0.0211. The quantitative estimate of drug-likeness (QED) is 0.786. The van der Waals surface area contributed by atoms with Crippen molar-refractivity contribution in [3.05, 3.63) is 30.3 Å². The number of imide groups is 1. The maximum atomic E-state index is 12.4. The van der Waals surface area contributed by atoms with Gasteiger partial charge in [-0.15, -0.1) is 0 Å². The zero-order valence-corrected chi connectivity index (χ0v) is 12.8. The summed E-state index contributed by atoms with van der Waals surface area (Å²) in [5, 5.41) is 12.8. The van der Waals surface area contributed by atoms with Gasteiger partial charge < -0.3 is 15.2 Å². The average molecular weight is 322 g/mol. The van der Waals surface area contributed by atoms with Gasteiger partial charge >= 0.3 is 6.03 Å². The van der Waals surface area contributed by atoms with Gasteiger partial charge in [0.05, 0.1) is 6.54 Å². The third-order valence-electron chi connectivity index (χ3n) is 3.85. The van der Waals surface area contributed by atoms with E-state index in [0.29, 0.717) is 17.9 Å². The minimum atomic E-state index is -0.917. The van der Waals surface area contributed by atoms with Gasteiger partial charge in [-0.2, -0.15) is 11.8 Å². The number of ether oxygens (including phenoxy) is 1. The number of thioether (sulfide) groups is 1. The molecule has 7 heteroatoms. The number of aliphatic hydroxyl groups is 1. The smallest absolute Gasteiger partial charge is 0.325 e. The molecule has 6 nitrogen and oxygen atoms in total. The second-order valence-electron chi connectivity index (χ2n) is 5.51. The maximum absolute atomic E-state index is 12.4. The molecule has 2 aliphatic heterocycles. The number of rotatable bonds is 5. The van der Waals surface area contributed by atoms with Crippen LogP contribution in [0.25, 0.3) is 0 Å². The summed E-state index contributed by atoms with van der Waals surface area (Å²) in [4.78, 5) is 25.5. The first kappa shape index (κ1) is 15.2. The van der Waals surface area contributed by atoms with E-state index in [1.165, 1.54) is 0 Å².